The average molecular weight is 273 g/mol. The normalized spacial score (nSPS) is 15.7. The number of hydrogen-bond acceptors (Lipinski definition) is 3. The summed E-state index contributed by atoms with van der Waals surface area (Å²) in [6.45, 7) is 2.40. The fraction of sp³-hybridized carbons (Fsp3) is 0.467. The number of aryl methyl sites for hydroxylation is 1. The standard InChI is InChI=1S/C15H19N3O2/c1-11-14(9-16-17-11)15(19)18(12-5-2-3-6-12)10-13-7-4-8-20-13/h4,7-9,12H,2-3,5-6,10H2,1H3,(H,16,17). The van der Waals surface area contributed by atoms with Gasteiger partial charge in [-0.25, -0.2) is 0 Å². The Hall–Kier alpha value is -2.04. The Morgan fingerprint density at radius 2 is 2.30 bits per heavy atom. The molecule has 5 heteroatoms. The molecule has 0 unspecified atom stereocenters. The molecule has 0 spiro atoms. The predicted molar refractivity (Wildman–Crippen MR) is 74.2 cm³/mol. The van der Waals surface area contributed by atoms with Gasteiger partial charge in [0, 0.05) is 11.7 Å². The van der Waals surface area contributed by atoms with Crippen molar-refractivity contribution in [1.29, 1.82) is 0 Å². The maximum absolute atomic E-state index is 12.8. The van der Waals surface area contributed by atoms with Crippen LogP contribution in [0.5, 0.6) is 0 Å². The third-order valence-electron chi connectivity index (χ3n) is 3.99. The lowest BCUT2D eigenvalue weighted by Crippen LogP contribution is -2.38. The number of rotatable bonds is 4. The Balaban J connectivity index is 1.84. The predicted octanol–water partition coefficient (Wildman–Crippen LogP) is 2.90. The smallest absolute Gasteiger partial charge is 0.257 e. The first-order valence-electron chi connectivity index (χ1n) is 7.09. The SMILES string of the molecule is Cc1[nH]ncc1C(=O)N(Cc1ccco1)C1CCCC1. The van der Waals surface area contributed by atoms with E-state index in [9.17, 15) is 4.79 Å². The van der Waals surface area contributed by atoms with Crippen molar-refractivity contribution in [3.63, 3.8) is 0 Å². The Morgan fingerprint density at radius 3 is 2.90 bits per heavy atom. The van der Waals surface area contributed by atoms with E-state index in [4.69, 9.17) is 4.42 Å². The Bertz CT molecular complexity index is 568. The maximum Gasteiger partial charge on any atom is 0.257 e. The summed E-state index contributed by atoms with van der Waals surface area (Å²) in [5.41, 5.74) is 1.47. The van der Waals surface area contributed by atoms with Crippen LogP contribution in [0.15, 0.2) is 29.0 Å². The number of H-pyrrole nitrogens is 1. The van der Waals surface area contributed by atoms with Crippen molar-refractivity contribution >= 4 is 5.91 Å². The highest BCUT2D eigenvalue weighted by Crippen LogP contribution is 2.27. The van der Waals surface area contributed by atoms with Gasteiger partial charge in [-0.05, 0) is 31.9 Å². The van der Waals surface area contributed by atoms with Gasteiger partial charge in [-0.3, -0.25) is 9.89 Å². The van der Waals surface area contributed by atoms with Crippen molar-refractivity contribution in [3.05, 3.63) is 41.6 Å². The molecule has 0 aliphatic heterocycles. The zero-order chi connectivity index (χ0) is 13.9. The number of aromatic amines is 1. The highest BCUT2D eigenvalue weighted by atomic mass is 16.3. The first-order chi connectivity index (χ1) is 9.75. The van der Waals surface area contributed by atoms with E-state index in [1.807, 2.05) is 24.0 Å². The summed E-state index contributed by atoms with van der Waals surface area (Å²) in [5.74, 6) is 0.867. The molecule has 0 saturated heterocycles. The third kappa shape index (κ3) is 2.48. The first-order valence-corrected chi connectivity index (χ1v) is 7.09. The van der Waals surface area contributed by atoms with Gasteiger partial charge >= 0.3 is 0 Å². The molecular weight excluding hydrogens is 254 g/mol. The van der Waals surface area contributed by atoms with Crippen LogP contribution in [0.25, 0.3) is 0 Å². The molecule has 106 valence electrons. The molecule has 0 atom stereocenters. The van der Waals surface area contributed by atoms with Crippen molar-refractivity contribution in [2.45, 2.75) is 45.2 Å². The molecule has 0 aromatic carbocycles. The van der Waals surface area contributed by atoms with Gasteiger partial charge in [-0.2, -0.15) is 5.10 Å². The molecule has 0 radical (unpaired) electrons. The van der Waals surface area contributed by atoms with E-state index in [0.717, 1.165) is 24.3 Å². The highest BCUT2D eigenvalue weighted by molar-refractivity contribution is 5.95. The van der Waals surface area contributed by atoms with E-state index in [-0.39, 0.29) is 5.91 Å². The van der Waals surface area contributed by atoms with Crippen LogP contribution in [0, 0.1) is 6.92 Å². The van der Waals surface area contributed by atoms with E-state index >= 15 is 0 Å². The highest BCUT2D eigenvalue weighted by Gasteiger charge is 2.29. The van der Waals surface area contributed by atoms with Crippen molar-refractivity contribution in [1.82, 2.24) is 15.1 Å². The van der Waals surface area contributed by atoms with E-state index in [0.29, 0.717) is 18.2 Å². The van der Waals surface area contributed by atoms with E-state index < -0.39 is 0 Å². The van der Waals surface area contributed by atoms with Crippen molar-refractivity contribution < 1.29 is 9.21 Å². The van der Waals surface area contributed by atoms with E-state index in [1.165, 1.54) is 12.8 Å². The van der Waals surface area contributed by atoms with E-state index in [1.54, 1.807) is 12.5 Å². The number of nitrogens with zero attached hydrogens (tertiary/aromatic N) is 2. The summed E-state index contributed by atoms with van der Waals surface area (Å²) in [6.07, 6.45) is 7.79. The van der Waals surface area contributed by atoms with Crippen molar-refractivity contribution in [2.75, 3.05) is 0 Å². The van der Waals surface area contributed by atoms with Crippen LogP contribution in [0.2, 0.25) is 0 Å². The topological polar surface area (TPSA) is 62.1 Å². The van der Waals surface area contributed by atoms with Gasteiger partial charge in [0.1, 0.15) is 5.76 Å². The summed E-state index contributed by atoms with van der Waals surface area (Å²) < 4.78 is 5.40. The van der Waals surface area contributed by atoms with Crippen LogP contribution < -0.4 is 0 Å². The summed E-state index contributed by atoms with van der Waals surface area (Å²) in [5, 5.41) is 6.79. The fourth-order valence-corrected chi connectivity index (χ4v) is 2.87. The van der Waals surface area contributed by atoms with Gasteiger partial charge in [0.15, 0.2) is 0 Å². The third-order valence-corrected chi connectivity index (χ3v) is 3.99. The number of nitrogens with one attached hydrogen (secondary N) is 1. The van der Waals surface area contributed by atoms with Crippen LogP contribution in [0.1, 0.15) is 47.5 Å². The molecule has 1 N–H and O–H groups in total. The fourth-order valence-electron chi connectivity index (χ4n) is 2.87. The lowest BCUT2D eigenvalue weighted by Gasteiger charge is -2.28. The molecule has 1 aliphatic rings. The van der Waals surface area contributed by atoms with Gasteiger partial charge in [0.25, 0.3) is 5.91 Å². The molecule has 1 fully saturated rings. The number of aromatic nitrogens is 2. The van der Waals surface area contributed by atoms with Gasteiger partial charge < -0.3 is 9.32 Å². The minimum absolute atomic E-state index is 0.0413. The summed E-state index contributed by atoms with van der Waals surface area (Å²) in [7, 11) is 0. The van der Waals surface area contributed by atoms with Crippen LogP contribution >= 0.6 is 0 Å². The van der Waals surface area contributed by atoms with Crippen LogP contribution in [-0.4, -0.2) is 27.0 Å². The van der Waals surface area contributed by atoms with Gasteiger partial charge in [-0.15, -0.1) is 0 Å². The van der Waals surface area contributed by atoms with Gasteiger partial charge in [0.2, 0.25) is 0 Å². The number of hydrogen-bond donors (Lipinski definition) is 1. The lowest BCUT2D eigenvalue weighted by molar-refractivity contribution is 0.0648. The molecular formula is C15H19N3O2. The van der Waals surface area contributed by atoms with Crippen molar-refractivity contribution in [3.8, 4) is 0 Å². The lowest BCUT2D eigenvalue weighted by atomic mass is 10.1. The van der Waals surface area contributed by atoms with E-state index in [2.05, 4.69) is 10.2 Å². The molecule has 2 aromatic heterocycles. The molecule has 2 heterocycles. The maximum atomic E-state index is 12.8. The zero-order valence-electron chi connectivity index (χ0n) is 11.6. The van der Waals surface area contributed by atoms with Crippen LogP contribution in [0.3, 0.4) is 0 Å². The minimum Gasteiger partial charge on any atom is -0.467 e. The minimum atomic E-state index is 0.0413. The summed E-state index contributed by atoms with van der Waals surface area (Å²) in [4.78, 5) is 14.7. The first kappa shape index (κ1) is 13.0. The Labute approximate surface area is 118 Å². The van der Waals surface area contributed by atoms with Crippen molar-refractivity contribution in [2.24, 2.45) is 0 Å². The number of furan rings is 1. The molecule has 2 aromatic rings. The molecule has 1 amide bonds. The number of carbonyl (C=O) groups excluding carboxylic acids is 1. The monoisotopic (exact) mass is 273 g/mol. The molecule has 3 rings (SSSR count). The largest absolute Gasteiger partial charge is 0.467 e. The summed E-state index contributed by atoms with van der Waals surface area (Å²) in [6, 6.07) is 4.08. The second-order valence-corrected chi connectivity index (χ2v) is 5.36. The molecule has 1 saturated carbocycles. The van der Waals surface area contributed by atoms with Gasteiger partial charge in [0.05, 0.1) is 24.6 Å². The number of amides is 1. The number of carbonyl (C=O) groups is 1. The quantitative estimate of drug-likeness (QED) is 0.931. The average Bonchev–Trinajstić information content (AvgIpc) is 3.17. The summed E-state index contributed by atoms with van der Waals surface area (Å²) >= 11 is 0. The molecule has 0 bridgehead atoms. The second kappa shape index (κ2) is 5.53. The molecule has 20 heavy (non-hydrogen) atoms. The molecule has 5 nitrogen and oxygen atoms in total. The van der Waals surface area contributed by atoms with Crippen LogP contribution in [0.4, 0.5) is 0 Å². The Kier molecular flexibility index (Phi) is 3.58. The van der Waals surface area contributed by atoms with Gasteiger partial charge in [-0.1, -0.05) is 12.8 Å². The zero-order valence-corrected chi connectivity index (χ0v) is 11.6. The second-order valence-electron chi connectivity index (χ2n) is 5.36. The molecule has 1 aliphatic carbocycles. The van der Waals surface area contributed by atoms with Crippen LogP contribution in [-0.2, 0) is 6.54 Å². The Morgan fingerprint density at radius 1 is 1.50 bits per heavy atom.